The first kappa shape index (κ1) is 18.2. The van der Waals surface area contributed by atoms with E-state index in [-0.39, 0.29) is 11.8 Å². The minimum absolute atomic E-state index is 0.202. The molecule has 2 amide bonds. The van der Waals surface area contributed by atoms with Crippen LogP contribution in [-0.2, 0) is 4.79 Å². The number of halogens is 2. The van der Waals surface area contributed by atoms with E-state index in [0.717, 1.165) is 17.8 Å². The molecule has 5 nitrogen and oxygen atoms in total. The van der Waals surface area contributed by atoms with Crippen LogP contribution in [0.15, 0.2) is 23.6 Å². The van der Waals surface area contributed by atoms with Gasteiger partial charge in [0.15, 0.2) is 0 Å². The summed E-state index contributed by atoms with van der Waals surface area (Å²) in [6, 6.07) is 4.35. The van der Waals surface area contributed by atoms with Crippen LogP contribution in [0.25, 0.3) is 0 Å². The quantitative estimate of drug-likeness (QED) is 0.834. The molecule has 0 radical (unpaired) electrons. The molecule has 0 spiro atoms. The molecule has 1 aromatic heterocycles. The van der Waals surface area contributed by atoms with Crippen LogP contribution < -0.4 is 5.32 Å². The van der Waals surface area contributed by atoms with E-state index in [1.165, 1.54) is 11.3 Å². The molecule has 2 aromatic rings. The van der Waals surface area contributed by atoms with Crippen molar-refractivity contribution in [2.75, 3.05) is 11.9 Å². The van der Waals surface area contributed by atoms with Crippen molar-refractivity contribution in [3.05, 3.63) is 44.3 Å². The Labute approximate surface area is 160 Å². The summed E-state index contributed by atoms with van der Waals surface area (Å²) in [5.74, 6) is -0.448. The number of nitrogens with one attached hydrogen (secondary N) is 1. The average molecular weight is 398 g/mol. The van der Waals surface area contributed by atoms with Gasteiger partial charge in [-0.25, -0.2) is 4.98 Å². The first-order valence-electron chi connectivity index (χ1n) is 7.94. The van der Waals surface area contributed by atoms with Gasteiger partial charge in [0.2, 0.25) is 5.91 Å². The fraction of sp³-hybridized carbons (Fsp3) is 0.353. The predicted octanol–water partition coefficient (Wildman–Crippen LogP) is 4.39. The van der Waals surface area contributed by atoms with Crippen molar-refractivity contribution in [1.82, 2.24) is 9.88 Å². The number of carbonyl (C=O) groups is 2. The number of anilines is 1. The minimum Gasteiger partial charge on any atom is -0.325 e. The van der Waals surface area contributed by atoms with Gasteiger partial charge in [-0.3, -0.25) is 9.59 Å². The van der Waals surface area contributed by atoms with Crippen molar-refractivity contribution in [3.63, 3.8) is 0 Å². The summed E-state index contributed by atoms with van der Waals surface area (Å²) in [5, 5.41) is 6.23. The monoisotopic (exact) mass is 397 g/mol. The Morgan fingerprint density at radius 1 is 1.32 bits per heavy atom. The SMILES string of the molecule is Cc1nc(C(=O)N2CCCCC2C(=O)Nc2ccc(Cl)cc2Cl)cs1. The Morgan fingerprint density at radius 3 is 2.80 bits per heavy atom. The maximum atomic E-state index is 12.7. The zero-order valence-electron chi connectivity index (χ0n) is 13.6. The van der Waals surface area contributed by atoms with Crippen LogP contribution in [0.5, 0.6) is 0 Å². The standard InChI is InChI=1S/C17H17Cl2N3O2S/c1-10-20-14(9-25-10)17(24)22-7-3-2-4-15(22)16(23)21-13-6-5-11(18)8-12(13)19/h5-6,8-9,15H,2-4,7H2,1H3,(H,21,23). The normalized spacial score (nSPS) is 17.4. The fourth-order valence-electron chi connectivity index (χ4n) is 2.86. The summed E-state index contributed by atoms with van der Waals surface area (Å²) in [5.41, 5.74) is 0.880. The first-order valence-corrected chi connectivity index (χ1v) is 9.58. The number of amides is 2. The molecule has 1 unspecified atom stereocenters. The number of benzene rings is 1. The van der Waals surface area contributed by atoms with Gasteiger partial charge in [-0.05, 0) is 44.4 Å². The van der Waals surface area contributed by atoms with Gasteiger partial charge in [0.05, 0.1) is 15.7 Å². The highest BCUT2D eigenvalue weighted by molar-refractivity contribution is 7.09. The molecule has 132 valence electrons. The number of likely N-dealkylation sites (tertiary alicyclic amines) is 1. The molecule has 25 heavy (non-hydrogen) atoms. The molecule has 0 bridgehead atoms. The topological polar surface area (TPSA) is 62.3 Å². The Hall–Kier alpha value is -1.63. The highest BCUT2D eigenvalue weighted by atomic mass is 35.5. The van der Waals surface area contributed by atoms with Gasteiger partial charge < -0.3 is 10.2 Å². The lowest BCUT2D eigenvalue weighted by Crippen LogP contribution is -2.50. The van der Waals surface area contributed by atoms with Crippen LogP contribution in [0.3, 0.4) is 0 Å². The molecular formula is C17H17Cl2N3O2S. The van der Waals surface area contributed by atoms with E-state index in [9.17, 15) is 9.59 Å². The van der Waals surface area contributed by atoms with Crippen LogP contribution in [0.4, 0.5) is 5.69 Å². The number of aryl methyl sites for hydroxylation is 1. The third-order valence-electron chi connectivity index (χ3n) is 4.09. The van der Waals surface area contributed by atoms with E-state index in [1.807, 2.05) is 6.92 Å². The lowest BCUT2D eigenvalue weighted by atomic mass is 10.0. The number of thiazole rings is 1. The van der Waals surface area contributed by atoms with Crippen molar-refractivity contribution < 1.29 is 9.59 Å². The number of carbonyl (C=O) groups excluding carboxylic acids is 2. The van der Waals surface area contributed by atoms with Crippen LogP contribution in [-0.4, -0.2) is 34.3 Å². The van der Waals surface area contributed by atoms with Gasteiger partial charge in [0.1, 0.15) is 11.7 Å². The average Bonchev–Trinajstić information content (AvgIpc) is 3.03. The summed E-state index contributed by atoms with van der Waals surface area (Å²) in [6.45, 7) is 2.40. The molecule has 1 N–H and O–H groups in total. The third-order valence-corrected chi connectivity index (χ3v) is 5.41. The molecule has 3 rings (SSSR count). The van der Waals surface area contributed by atoms with E-state index in [4.69, 9.17) is 23.2 Å². The number of aromatic nitrogens is 1. The van der Waals surface area contributed by atoms with Crippen LogP contribution in [0.1, 0.15) is 34.8 Å². The maximum Gasteiger partial charge on any atom is 0.274 e. The Balaban J connectivity index is 1.78. The molecule has 1 aromatic carbocycles. The smallest absolute Gasteiger partial charge is 0.274 e. The molecule has 1 aliphatic heterocycles. The summed E-state index contributed by atoms with van der Waals surface area (Å²) >= 11 is 13.4. The largest absolute Gasteiger partial charge is 0.325 e. The fourth-order valence-corrected chi connectivity index (χ4v) is 3.91. The molecule has 1 saturated heterocycles. The zero-order valence-corrected chi connectivity index (χ0v) is 15.9. The number of nitrogens with zero attached hydrogens (tertiary/aromatic N) is 2. The van der Waals surface area contributed by atoms with E-state index in [1.54, 1.807) is 28.5 Å². The van der Waals surface area contributed by atoms with Crippen LogP contribution in [0.2, 0.25) is 10.0 Å². The second-order valence-corrected chi connectivity index (χ2v) is 7.78. The van der Waals surface area contributed by atoms with Crippen LogP contribution >= 0.6 is 34.5 Å². The highest BCUT2D eigenvalue weighted by Crippen LogP contribution is 2.27. The minimum atomic E-state index is -0.532. The van der Waals surface area contributed by atoms with Crippen molar-refractivity contribution in [2.24, 2.45) is 0 Å². The highest BCUT2D eigenvalue weighted by Gasteiger charge is 2.33. The van der Waals surface area contributed by atoms with Crippen LogP contribution in [0, 0.1) is 6.92 Å². The van der Waals surface area contributed by atoms with Crippen molar-refractivity contribution in [1.29, 1.82) is 0 Å². The van der Waals surface area contributed by atoms with Gasteiger partial charge >= 0.3 is 0 Å². The number of hydrogen-bond donors (Lipinski definition) is 1. The zero-order chi connectivity index (χ0) is 18.0. The van der Waals surface area contributed by atoms with E-state index >= 15 is 0 Å². The second kappa shape index (κ2) is 7.72. The van der Waals surface area contributed by atoms with E-state index in [0.29, 0.717) is 34.4 Å². The molecule has 1 aliphatic rings. The number of hydrogen-bond acceptors (Lipinski definition) is 4. The van der Waals surface area contributed by atoms with E-state index < -0.39 is 6.04 Å². The summed E-state index contributed by atoms with van der Waals surface area (Å²) in [6.07, 6.45) is 2.39. The maximum absolute atomic E-state index is 12.7. The van der Waals surface area contributed by atoms with Crippen molar-refractivity contribution in [2.45, 2.75) is 32.2 Å². The van der Waals surface area contributed by atoms with Gasteiger partial charge in [-0.2, -0.15) is 0 Å². The summed E-state index contributed by atoms with van der Waals surface area (Å²) < 4.78 is 0. The second-order valence-electron chi connectivity index (χ2n) is 5.88. The lowest BCUT2D eigenvalue weighted by Gasteiger charge is -2.34. The van der Waals surface area contributed by atoms with E-state index in [2.05, 4.69) is 10.3 Å². The van der Waals surface area contributed by atoms with Gasteiger partial charge in [-0.1, -0.05) is 23.2 Å². The Morgan fingerprint density at radius 2 is 2.12 bits per heavy atom. The molecule has 0 saturated carbocycles. The Bertz CT molecular complexity index is 809. The van der Waals surface area contributed by atoms with Gasteiger partial charge in [0.25, 0.3) is 5.91 Å². The summed E-state index contributed by atoms with van der Waals surface area (Å²) in [7, 11) is 0. The van der Waals surface area contributed by atoms with Crippen molar-refractivity contribution >= 4 is 52.0 Å². The predicted molar refractivity (Wildman–Crippen MR) is 101 cm³/mol. The van der Waals surface area contributed by atoms with Gasteiger partial charge in [-0.15, -0.1) is 11.3 Å². The van der Waals surface area contributed by atoms with Crippen molar-refractivity contribution in [3.8, 4) is 0 Å². The third kappa shape index (κ3) is 4.14. The number of piperidine rings is 1. The molecular weight excluding hydrogens is 381 g/mol. The molecule has 2 heterocycles. The molecule has 8 heteroatoms. The molecule has 1 atom stereocenters. The van der Waals surface area contributed by atoms with Gasteiger partial charge in [0, 0.05) is 16.9 Å². The Kier molecular flexibility index (Phi) is 5.61. The number of rotatable bonds is 3. The molecule has 1 fully saturated rings. The first-order chi connectivity index (χ1) is 12.0. The lowest BCUT2D eigenvalue weighted by molar-refractivity contribution is -0.121. The molecule has 0 aliphatic carbocycles. The summed E-state index contributed by atoms with van der Waals surface area (Å²) in [4.78, 5) is 31.3.